The van der Waals surface area contributed by atoms with E-state index < -0.39 is 0 Å². The van der Waals surface area contributed by atoms with Gasteiger partial charge in [0.25, 0.3) is 5.91 Å². The van der Waals surface area contributed by atoms with E-state index in [0.29, 0.717) is 23.8 Å². The van der Waals surface area contributed by atoms with Crippen LogP contribution in [-0.2, 0) is 9.53 Å². The topological polar surface area (TPSA) is 91.8 Å². The van der Waals surface area contributed by atoms with E-state index >= 15 is 0 Å². The highest BCUT2D eigenvalue weighted by molar-refractivity contribution is 6.10. The van der Waals surface area contributed by atoms with Gasteiger partial charge in [0.15, 0.2) is 0 Å². The largest absolute Gasteiger partial charge is 0.376 e. The lowest BCUT2D eigenvalue weighted by atomic mass is 10.1. The molecule has 1 aliphatic rings. The lowest BCUT2D eigenvalue weighted by Crippen LogP contribution is -2.36. The zero-order valence-electron chi connectivity index (χ0n) is 18.5. The number of aliphatic imine (C=N–C) groups is 1. The molecule has 1 saturated heterocycles. The molecule has 3 rings (SSSR count). The Morgan fingerprint density at radius 3 is 2.48 bits per heavy atom. The first-order chi connectivity index (χ1) is 14.8. The maximum atomic E-state index is 12.9. The number of carbonyl (C=O) groups is 2. The average molecular weight is 423 g/mol. The highest BCUT2D eigenvalue weighted by atomic mass is 16.5. The van der Waals surface area contributed by atoms with E-state index in [9.17, 15) is 9.59 Å². The Balaban J connectivity index is 1.79. The van der Waals surface area contributed by atoms with Crippen molar-refractivity contribution in [3.8, 4) is 0 Å². The first-order valence-corrected chi connectivity index (χ1v) is 10.5. The van der Waals surface area contributed by atoms with Crippen molar-refractivity contribution in [1.82, 2.24) is 5.32 Å². The van der Waals surface area contributed by atoms with Gasteiger partial charge in [-0.25, -0.2) is 4.99 Å². The molecule has 7 nitrogen and oxygen atoms in total. The zero-order valence-corrected chi connectivity index (χ0v) is 18.5. The number of guanidine groups is 1. The van der Waals surface area contributed by atoms with Crippen LogP contribution in [0.2, 0.25) is 0 Å². The summed E-state index contributed by atoms with van der Waals surface area (Å²) in [7, 11) is 0. The predicted molar refractivity (Wildman–Crippen MR) is 124 cm³/mol. The van der Waals surface area contributed by atoms with Crippen LogP contribution in [0.15, 0.2) is 41.4 Å². The molecule has 0 aliphatic carbocycles. The number of hydrogen-bond donors (Lipinski definition) is 3. The van der Waals surface area contributed by atoms with Crippen molar-refractivity contribution in [2.24, 2.45) is 4.99 Å². The summed E-state index contributed by atoms with van der Waals surface area (Å²) in [5.41, 5.74) is 5.11. The molecule has 0 saturated carbocycles. The first kappa shape index (κ1) is 22.5. The number of anilines is 2. The van der Waals surface area contributed by atoms with Gasteiger partial charge in [0, 0.05) is 30.5 Å². The third kappa shape index (κ3) is 6.39. The summed E-state index contributed by atoms with van der Waals surface area (Å²) in [6.45, 7) is 8.63. The number of ether oxygens (including phenoxy) is 1. The summed E-state index contributed by atoms with van der Waals surface area (Å²) in [6, 6.07) is 11.2. The summed E-state index contributed by atoms with van der Waals surface area (Å²) >= 11 is 0. The molecule has 2 aromatic rings. The van der Waals surface area contributed by atoms with Gasteiger partial charge in [0.1, 0.15) is 0 Å². The molecule has 2 amide bonds. The first-order valence-electron chi connectivity index (χ1n) is 10.5. The highest BCUT2D eigenvalue weighted by Crippen LogP contribution is 2.18. The minimum absolute atomic E-state index is 0.0687. The molecule has 0 bridgehead atoms. The molecule has 0 aromatic heterocycles. The smallest absolute Gasteiger partial charge is 0.258 e. The van der Waals surface area contributed by atoms with Crippen LogP contribution < -0.4 is 16.0 Å². The van der Waals surface area contributed by atoms with E-state index in [0.717, 1.165) is 36.3 Å². The molecule has 1 fully saturated rings. The van der Waals surface area contributed by atoms with Gasteiger partial charge in [-0.05, 0) is 74.6 Å². The number of nitrogens with zero attached hydrogens (tertiary/aromatic N) is 1. The molecule has 0 radical (unpaired) electrons. The van der Waals surface area contributed by atoms with Crippen molar-refractivity contribution in [2.75, 3.05) is 23.8 Å². The van der Waals surface area contributed by atoms with Crippen LogP contribution in [0.4, 0.5) is 11.4 Å². The third-order valence-electron chi connectivity index (χ3n) is 5.29. The van der Waals surface area contributed by atoms with Crippen LogP contribution >= 0.6 is 0 Å². The third-order valence-corrected chi connectivity index (χ3v) is 5.29. The van der Waals surface area contributed by atoms with E-state index in [4.69, 9.17) is 4.74 Å². The number of rotatable bonds is 5. The molecular formula is C24H30N4O3. The van der Waals surface area contributed by atoms with Gasteiger partial charge in [0.2, 0.25) is 11.9 Å². The predicted octanol–water partition coefficient (Wildman–Crippen LogP) is 3.95. The van der Waals surface area contributed by atoms with Crippen LogP contribution in [0.1, 0.15) is 46.8 Å². The van der Waals surface area contributed by atoms with E-state index in [1.807, 2.05) is 32.0 Å². The minimum atomic E-state index is -0.311. The van der Waals surface area contributed by atoms with Crippen LogP contribution in [0.3, 0.4) is 0 Å². The van der Waals surface area contributed by atoms with Gasteiger partial charge in [0.05, 0.1) is 12.6 Å². The molecule has 2 aromatic carbocycles. The molecule has 164 valence electrons. The van der Waals surface area contributed by atoms with E-state index in [1.165, 1.54) is 12.5 Å². The zero-order chi connectivity index (χ0) is 22.4. The number of nitrogens with one attached hydrogen (secondary N) is 3. The SMILES string of the molecule is CC(=O)Nc1cc(C(=O)NC(=NCC2CCCO2)Nc2ccc(C)c(C)c2)ccc1C. The van der Waals surface area contributed by atoms with Crippen LogP contribution in [0, 0.1) is 20.8 Å². The Morgan fingerprint density at radius 2 is 1.81 bits per heavy atom. The fraction of sp³-hybridized carbons (Fsp3) is 0.375. The highest BCUT2D eigenvalue weighted by Gasteiger charge is 2.17. The normalized spacial score (nSPS) is 16.1. The Labute approximate surface area is 183 Å². The molecule has 0 spiro atoms. The second kappa shape index (κ2) is 10.2. The Morgan fingerprint density at radius 1 is 1.03 bits per heavy atom. The second-order valence-electron chi connectivity index (χ2n) is 7.91. The second-order valence-corrected chi connectivity index (χ2v) is 7.91. The van der Waals surface area contributed by atoms with Crippen molar-refractivity contribution in [3.63, 3.8) is 0 Å². The van der Waals surface area contributed by atoms with Crippen LogP contribution in [-0.4, -0.2) is 37.0 Å². The summed E-state index contributed by atoms with van der Waals surface area (Å²) in [5, 5.41) is 8.85. The van der Waals surface area contributed by atoms with E-state index in [-0.39, 0.29) is 17.9 Å². The molecule has 1 aliphatic heterocycles. The molecule has 1 heterocycles. The van der Waals surface area contributed by atoms with Gasteiger partial charge >= 0.3 is 0 Å². The van der Waals surface area contributed by atoms with Crippen molar-refractivity contribution < 1.29 is 14.3 Å². The maximum Gasteiger partial charge on any atom is 0.258 e. The summed E-state index contributed by atoms with van der Waals surface area (Å²) in [4.78, 5) is 29.0. The number of benzene rings is 2. The fourth-order valence-corrected chi connectivity index (χ4v) is 3.31. The van der Waals surface area contributed by atoms with Gasteiger partial charge in [-0.3, -0.25) is 14.9 Å². The number of carbonyl (C=O) groups excluding carboxylic acids is 2. The molecule has 7 heteroatoms. The quantitative estimate of drug-likeness (QED) is 0.503. The molecule has 3 N–H and O–H groups in total. The number of amides is 2. The maximum absolute atomic E-state index is 12.9. The van der Waals surface area contributed by atoms with Gasteiger partial charge in [-0.1, -0.05) is 12.1 Å². The van der Waals surface area contributed by atoms with Crippen molar-refractivity contribution in [3.05, 3.63) is 58.7 Å². The fourth-order valence-electron chi connectivity index (χ4n) is 3.31. The van der Waals surface area contributed by atoms with E-state index in [2.05, 4.69) is 27.9 Å². The Bertz CT molecular complexity index is 994. The molecule has 1 unspecified atom stereocenters. The van der Waals surface area contributed by atoms with Crippen LogP contribution in [0.5, 0.6) is 0 Å². The molecule has 1 atom stereocenters. The molecular weight excluding hydrogens is 392 g/mol. The van der Waals surface area contributed by atoms with Gasteiger partial charge in [-0.15, -0.1) is 0 Å². The monoisotopic (exact) mass is 422 g/mol. The summed E-state index contributed by atoms with van der Waals surface area (Å²) in [5.74, 6) is -0.129. The van der Waals surface area contributed by atoms with Crippen molar-refractivity contribution in [1.29, 1.82) is 0 Å². The van der Waals surface area contributed by atoms with Crippen molar-refractivity contribution >= 4 is 29.1 Å². The molecule has 31 heavy (non-hydrogen) atoms. The lowest BCUT2D eigenvalue weighted by molar-refractivity contribution is -0.114. The summed E-state index contributed by atoms with van der Waals surface area (Å²) in [6.07, 6.45) is 2.06. The standard InChI is InChI=1S/C24H30N4O3/c1-15-8-10-20(12-17(15)3)27-24(25-14-21-6-5-11-31-21)28-23(30)19-9-7-16(2)22(13-19)26-18(4)29/h7-10,12-13,21H,5-6,11,14H2,1-4H3,(H,26,29)(H2,25,27,28,30). The van der Waals surface area contributed by atoms with Crippen LogP contribution in [0.25, 0.3) is 0 Å². The van der Waals surface area contributed by atoms with Gasteiger partial charge < -0.3 is 15.4 Å². The average Bonchev–Trinajstić information content (AvgIpc) is 3.24. The summed E-state index contributed by atoms with van der Waals surface area (Å²) < 4.78 is 5.66. The van der Waals surface area contributed by atoms with E-state index in [1.54, 1.807) is 18.2 Å². The lowest BCUT2D eigenvalue weighted by Gasteiger charge is -2.15. The number of hydrogen-bond acceptors (Lipinski definition) is 4. The minimum Gasteiger partial charge on any atom is -0.376 e. The number of aryl methyl sites for hydroxylation is 3. The Kier molecular flexibility index (Phi) is 7.41. The van der Waals surface area contributed by atoms with Gasteiger partial charge in [-0.2, -0.15) is 0 Å². The van der Waals surface area contributed by atoms with Crippen molar-refractivity contribution in [2.45, 2.75) is 46.6 Å². The Hall–Kier alpha value is -3.19.